The van der Waals surface area contributed by atoms with Crippen LogP contribution in [0.4, 0.5) is 8.78 Å². The van der Waals surface area contributed by atoms with Crippen molar-refractivity contribution >= 4 is 11.0 Å². The summed E-state index contributed by atoms with van der Waals surface area (Å²) in [6.45, 7) is 1.96. The highest BCUT2D eigenvalue weighted by Crippen LogP contribution is 2.24. The van der Waals surface area contributed by atoms with Gasteiger partial charge >= 0.3 is 6.55 Å². The van der Waals surface area contributed by atoms with E-state index in [1.807, 2.05) is 13.0 Å². The van der Waals surface area contributed by atoms with Gasteiger partial charge in [0, 0.05) is 13.1 Å². The number of alkyl halides is 2. The summed E-state index contributed by atoms with van der Waals surface area (Å²) >= 11 is 0. The second-order valence-corrected chi connectivity index (χ2v) is 5.08. The summed E-state index contributed by atoms with van der Waals surface area (Å²) < 4.78 is 33.1. The van der Waals surface area contributed by atoms with E-state index in [9.17, 15) is 8.78 Å². The van der Waals surface area contributed by atoms with E-state index in [2.05, 4.69) is 9.88 Å². The van der Waals surface area contributed by atoms with Gasteiger partial charge in [-0.15, -0.1) is 0 Å². The Hall–Kier alpha value is -1.53. The Labute approximate surface area is 116 Å². The summed E-state index contributed by atoms with van der Waals surface area (Å²) in [5, 5.41) is 0. The molecule has 0 spiro atoms. The maximum absolute atomic E-state index is 13.3. The molecule has 6 heteroatoms. The van der Waals surface area contributed by atoms with Crippen LogP contribution < -0.4 is 0 Å². The van der Waals surface area contributed by atoms with E-state index in [0.29, 0.717) is 30.0 Å². The molecule has 4 nitrogen and oxygen atoms in total. The predicted molar refractivity (Wildman–Crippen MR) is 71.7 cm³/mol. The van der Waals surface area contributed by atoms with Gasteiger partial charge < -0.3 is 4.74 Å². The van der Waals surface area contributed by atoms with Crippen LogP contribution in [0.5, 0.6) is 0 Å². The summed E-state index contributed by atoms with van der Waals surface area (Å²) in [6, 6.07) is 7.01. The molecule has 2 aromatic rings. The first-order chi connectivity index (χ1) is 9.65. The van der Waals surface area contributed by atoms with E-state index in [0.717, 1.165) is 17.7 Å². The van der Waals surface area contributed by atoms with Crippen molar-refractivity contribution in [1.82, 2.24) is 14.5 Å². The summed E-state index contributed by atoms with van der Waals surface area (Å²) in [6.07, 6.45) is 0.133. The number of para-hydroxylation sites is 2. The zero-order chi connectivity index (χ0) is 14.1. The second kappa shape index (κ2) is 5.46. The lowest BCUT2D eigenvalue weighted by Gasteiger charge is -2.30. The number of benzene rings is 1. The third-order valence-electron chi connectivity index (χ3n) is 3.55. The number of nitrogens with zero attached hydrogens (tertiary/aromatic N) is 3. The van der Waals surface area contributed by atoms with Crippen molar-refractivity contribution in [2.75, 3.05) is 19.7 Å². The number of rotatable bonds is 3. The van der Waals surface area contributed by atoms with Gasteiger partial charge in [-0.2, -0.15) is 8.78 Å². The molecule has 0 unspecified atom stereocenters. The van der Waals surface area contributed by atoms with Crippen molar-refractivity contribution in [2.45, 2.75) is 26.1 Å². The first-order valence-electron chi connectivity index (χ1n) is 6.73. The molecular weight excluding hydrogens is 264 g/mol. The average Bonchev–Trinajstić information content (AvgIpc) is 2.76. The molecule has 1 saturated heterocycles. The van der Waals surface area contributed by atoms with Gasteiger partial charge in [0.1, 0.15) is 5.82 Å². The summed E-state index contributed by atoms with van der Waals surface area (Å²) in [7, 11) is 0. The smallest absolute Gasteiger partial charge is 0.320 e. The lowest BCUT2D eigenvalue weighted by molar-refractivity contribution is -0.0236. The van der Waals surface area contributed by atoms with Gasteiger partial charge in [-0.25, -0.2) is 4.98 Å². The average molecular weight is 281 g/mol. The zero-order valence-electron chi connectivity index (χ0n) is 11.3. The van der Waals surface area contributed by atoms with Gasteiger partial charge in [-0.3, -0.25) is 9.47 Å². The molecule has 0 N–H and O–H groups in total. The number of morpholine rings is 1. The monoisotopic (exact) mass is 281 g/mol. The molecule has 1 aromatic heterocycles. The van der Waals surface area contributed by atoms with Gasteiger partial charge in [0.25, 0.3) is 0 Å². The van der Waals surface area contributed by atoms with Crippen molar-refractivity contribution in [1.29, 1.82) is 0 Å². The number of fused-ring (bicyclic) bond motifs is 1. The molecule has 1 fully saturated rings. The van der Waals surface area contributed by atoms with Crippen molar-refractivity contribution in [3.8, 4) is 0 Å². The van der Waals surface area contributed by atoms with Crippen LogP contribution in [0.25, 0.3) is 11.0 Å². The Morgan fingerprint density at radius 2 is 2.20 bits per heavy atom. The molecule has 0 amide bonds. The number of aromatic nitrogens is 2. The van der Waals surface area contributed by atoms with Crippen molar-refractivity contribution in [3.63, 3.8) is 0 Å². The molecule has 1 aromatic carbocycles. The SMILES string of the molecule is C[C@H]1CN(Cc2nc3ccccc3n2C(F)F)CCO1. The number of halogens is 2. The quantitative estimate of drug-likeness (QED) is 0.866. The van der Waals surface area contributed by atoms with Crippen LogP contribution in [0, 0.1) is 0 Å². The van der Waals surface area contributed by atoms with Crippen LogP contribution >= 0.6 is 0 Å². The molecule has 20 heavy (non-hydrogen) atoms. The molecule has 2 heterocycles. The number of ether oxygens (including phenoxy) is 1. The molecule has 0 saturated carbocycles. The molecule has 1 aliphatic heterocycles. The molecule has 1 aliphatic rings. The first kappa shape index (κ1) is 13.5. The van der Waals surface area contributed by atoms with E-state index in [1.54, 1.807) is 18.2 Å². The molecule has 1 atom stereocenters. The summed E-state index contributed by atoms with van der Waals surface area (Å²) in [5.74, 6) is 0.412. The third-order valence-corrected chi connectivity index (χ3v) is 3.55. The molecule has 0 bridgehead atoms. The first-order valence-corrected chi connectivity index (χ1v) is 6.73. The molecule has 108 valence electrons. The minimum absolute atomic E-state index is 0.133. The van der Waals surface area contributed by atoms with Crippen LogP contribution in [-0.2, 0) is 11.3 Å². The third kappa shape index (κ3) is 2.53. The summed E-state index contributed by atoms with van der Waals surface area (Å²) in [5.41, 5.74) is 1.10. The summed E-state index contributed by atoms with van der Waals surface area (Å²) in [4.78, 5) is 6.46. The Kier molecular flexibility index (Phi) is 3.67. The van der Waals surface area contributed by atoms with Crippen molar-refractivity contribution in [3.05, 3.63) is 30.1 Å². The maximum Gasteiger partial charge on any atom is 0.320 e. The van der Waals surface area contributed by atoms with Crippen molar-refractivity contribution < 1.29 is 13.5 Å². The number of imidazole rings is 1. The maximum atomic E-state index is 13.3. The highest BCUT2D eigenvalue weighted by Gasteiger charge is 2.22. The van der Waals surface area contributed by atoms with E-state index in [-0.39, 0.29) is 6.10 Å². The Morgan fingerprint density at radius 1 is 1.40 bits per heavy atom. The largest absolute Gasteiger partial charge is 0.376 e. The van der Waals surface area contributed by atoms with Crippen LogP contribution in [-0.4, -0.2) is 40.3 Å². The van der Waals surface area contributed by atoms with Crippen LogP contribution in [0.3, 0.4) is 0 Å². The van der Waals surface area contributed by atoms with Gasteiger partial charge in [-0.1, -0.05) is 12.1 Å². The van der Waals surface area contributed by atoms with Gasteiger partial charge in [0.15, 0.2) is 0 Å². The number of hydrogen-bond donors (Lipinski definition) is 0. The normalized spacial score (nSPS) is 20.9. The van der Waals surface area contributed by atoms with E-state index in [1.165, 1.54) is 0 Å². The Balaban J connectivity index is 1.92. The standard InChI is InChI=1S/C14H17F2N3O/c1-10-8-18(6-7-20-10)9-13-17-11-4-2-3-5-12(11)19(13)14(15)16/h2-5,10,14H,6-9H2,1H3/t10-/m0/s1. The molecule has 0 radical (unpaired) electrons. The fourth-order valence-electron chi connectivity index (χ4n) is 2.66. The zero-order valence-corrected chi connectivity index (χ0v) is 11.3. The lowest BCUT2D eigenvalue weighted by atomic mass is 10.3. The minimum Gasteiger partial charge on any atom is -0.376 e. The number of hydrogen-bond acceptors (Lipinski definition) is 3. The molecular formula is C14H17F2N3O. The fourth-order valence-corrected chi connectivity index (χ4v) is 2.66. The van der Waals surface area contributed by atoms with E-state index < -0.39 is 6.55 Å². The van der Waals surface area contributed by atoms with Crippen molar-refractivity contribution in [2.24, 2.45) is 0 Å². The second-order valence-electron chi connectivity index (χ2n) is 5.08. The van der Waals surface area contributed by atoms with Crippen LogP contribution in [0.1, 0.15) is 19.3 Å². The van der Waals surface area contributed by atoms with E-state index in [4.69, 9.17) is 4.74 Å². The highest BCUT2D eigenvalue weighted by molar-refractivity contribution is 5.75. The van der Waals surface area contributed by atoms with Gasteiger partial charge in [0.2, 0.25) is 0 Å². The minimum atomic E-state index is -2.57. The highest BCUT2D eigenvalue weighted by atomic mass is 19.3. The molecule has 0 aliphatic carbocycles. The van der Waals surface area contributed by atoms with Crippen LogP contribution in [0.2, 0.25) is 0 Å². The fraction of sp³-hybridized carbons (Fsp3) is 0.500. The topological polar surface area (TPSA) is 30.3 Å². The van der Waals surface area contributed by atoms with E-state index >= 15 is 0 Å². The predicted octanol–water partition coefficient (Wildman–Crippen LogP) is 2.65. The van der Waals surface area contributed by atoms with Crippen LogP contribution in [0.15, 0.2) is 24.3 Å². The Morgan fingerprint density at radius 3 is 2.95 bits per heavy atom. The Bertz CT molecular complexity index is 599. The molecule has 3 rings (SSSR count). The lowest BCUT2D eigenvalue weighted by Crippen LogP contribution is -2.41. The van der Waals surface area contributed by atoms with Gasteiger partial charge in [0.05, 0.1) is 30.3 Å². The van der Waals surface area contributed by atoms with Gasteiger partial charge in [-0.05, 0) is 19.1 Å².